The van der Waals surface area contributed by atoms with Crippen molar-refractivity contribution >= 4 is 5.91 Å². The molecule has 0 spiro atoms. The van der Waals surface area contributed by atoms with Gasteiger partial charge in [0.05, 0.1) is 5.56 Å². The molecule has 0 aromatic heterocycles. The van der Waals surface area contributed by atoms with Gasteiger partial charge in [-0.25, -0.2) is 4.39 Å². The fourth-order valence-corrected chi connectivity index (χ4v) is 2.60. The van der Waals surface area contributed by atoms with Crippen LogP contribution in [0.3, 0.4) is 0 Å². The summed E-state index contributed by atoms with van der Waals surface area (Å²) in [5, 5.41) is 3.17. The summed E-state index contributed by atoms with van der Waals surface area (Å²) in [4.78, 5) is 14.1. The van der Waals surface area contributed by atoms with E-state index in [2.05, 4.69) is 5.32 Å². The molecule has 0 atom stereocenters. The highest BCUT2D eigenvalue weighted by molar-refractivity contribution is 5.94. The smallest absolute Gasteiger partial charge is 0.256 e. The second-order valence-corrected chi connectivity index (χ2v) is 5.28. The largest absolute Gasteiger partial charge is 0.339 e. The maximum atomic E-state index is 13.7. The van der Waals surface area contributed by atoms with Crippen LogP contribution >= 0.6 is 0 Å². The lowest BCUT2D eigenvalue weighted by Gasteiger charge is -2.32. The SMILES string of the molecule is CNCC1CCN(C(=O)c2cc(C)ccc2F)CC1. The summed E-state index contributed by atoms with van der Waals surface area (Å²) in [6.45, 7) is 4.30. The van der Waals surface area contributed by atoms with Crippen molar-refractivity contribution in [3.8, 4) is 0 Å². The highest BCUT2D eigenvalue weighted by Crippen LogP contribution is 2.20. The van der Waals surface area contributed by atoms with E-state index in [1.54, 1.807) is 17.0 Å². The number of nitrogens with zero attached hydrogens (tertiary/aromatic N) is 1. The first-order chi connectivity index (χ1) is 9.11. The van der Waals surface area contributed by atoms with Crippen LogP contribution in [-0.2, 0) is 0 Å². The van der Waals surface area contributed by atoms with Gasteiger partial charge in [0, 0.05) is 13.1 Å². The zero-order valence-corrected chi connectivity index (χ0v) is 11.6. The van der Waals surface area contributed by atoms with Crippen LogP contribution in [0.25, 0.3) is 0 Å². The molecular weight excluding hydrogens is 243 g/mol. The quantitative estimate of drug-likeness (QED) is 0.907. The monoisotopic (exact) mass is 264 g/mol. The molecule has 0 aliphatic carbocycles. The Hall–Kier alpha value is -1.42. The number of carbonyl (C=O) groups excluding carboxylic acids is 1. The molecule has 1 aliphatic heterocycles. The minimum Gasteiger partial charge on any atom is -0.339 e. The average molecular weight is 264 g/mol. The number of carbonyl (C=O) groups is 1. The van der Waals surface area contributed by atoms with Crippen molar-refractivity contribution in [2.75, 3.05) is 26.7 Å². The summed E-state index contributed by atoms with van der Waals surface area (Å²) < 4.78 is 13.7. The third-order valence-electron chi connectivity index (χ3n) is 3.75. The number of nitrogens with one attached hydrogen (secondary N) is 1. The van der Waals surface area contributed by atoms with Gasteiger partial charge in [0.25, 0.3) is 5.91 Å². The Kier molecular flexibility index (Phi) is 4.53. The minimum atomic E-state index is -0.423. The van der Waals surface area contributed by atoms with E-state index in [1.165, 1.54) is 6.07 Å². The molecule has 1 amide bonds. The van der Waals surface area contributed by atoms with E-state index >= 15 is 0 Å². The van der Waals surface area contributed by atoms with Crippen molar-refractivity contribution in [1.29, 1.82) is 0 Å². The van der Waals surface area contributed by atoms with Gasteiger partial charge in [0.2, 0.25) is 0 Å². The molecule has 1 aliphatic rings. The Morgan fingerprint density at radius 3 is 2.74 bits per heavy atom. The van der Waals surface area contributed by atoms with Crippen molar-refractivity contribution in [2.45, 2.75) is 19.8 Å². The molecule has 3 nitrogen and oxygen atoms in total. The van der Waals surface area contributed by atoms with Gasteiger partial charge in [0.1, 0.15) is 5.82 Å². The van der Waals surface area contributed by atoms with E-state index in [9.17, 15) is 9.18 Å². The van der Waals surface area contributed by atoms with Gasteiger partial charge in [-0.1, -0.05) is 11.6 Å². The predicted octanol–water partition coefficient (Wildman–Crippen LogP) is 2.21. The summed E-state index contributed by atoms with van der Waals surface area (Å²) in [6.07, 6.45) is 1.97. The van der Waals surface area contributed by atoms with Gasteiger partial charge in [0.15, 0.2) is 0 Å². The Bertz CT molecular complexity index is 453. The summed E-state index contributed by atoms with van der Waals surface area (Å²) in [5.41, 5.74) is 1.11. The van der Waals surface area contributed by atoms with E-state index in [-0.39, 0.29) is 11.5 Å². The zero-order chi connectivity index (χ0) is 13.8. The lowest BCUT2D eigenvalue weighted by Crippen LogP contribution is -2.40. The second-order valence-electron chi connectivity index (χ2n) is 5.28. The van der Waals surface area contributed by atoms with Crippen molar-refractivity contribution in [3.05, 3.63) is 35.1 Å². The third kappa shape index (κ3) is 3.32. The highest BCUT2D eigenvalue weighted by Gasteiger charge is 2.24. The number of hydrogen-bond donors (Lipinski definition) is 1. The molecule has 104 valence electrons. The van der Waals surface area contributed by atoms with Gasteiger partial charge in [-0.05, 0) is 51.4 Å². The van der Waals surface area contributed by atoms with Crippen LogP contribution in [0, 0.1) is 18.7 Å². The number of halogens is 1. The van der Waals surface area contributed by atoms with Crippen LogP contribution in [0.4, 0.5) is 4.39 Å². The maximum Gasteiger partial charge on any atom is 0.256 e. The lowest BCUT2D eigenvalue weighted by atomic mass is 9.96. The highest BCUT2D eigenvalue weighted by atomic mass is 19.1. The normalized spacial score (nSPS) is 16.7. The molecule has 1 N–H and O–H groups in total. The van der Waals surface area contributed by atoms with E-state index in [0.717, 1.165) is 38.0 Å². The number of piperidine rings is 1. The molecule has 0 radical (unpaired) electrons. The first-order valence-corrected chi connectivity index (χ1v) is 6.82. The number of hydrogen-bond acceptors (Lipinski definition) is 2. The van der Waals surface area contributed by atoms with Crippen LogP contribution in [0.2, 0.25) is 0 Å². The van der Waals surface area contributed by atoms with Gasteiger partial charge in [-0.2, -0.15) is 0 Å². The lowest BCUT2D eigenvalue weighted by molar-refractivity contribution is 0.0686. The number of rotatable bonds is 3. The Labute approximate surface area is 113 Å². The molecule has 1 fully saturated rings. The molecule has 1 heterocycles. The number of likely N-dealkylation sites (tertiary alicyclic amines) is 1. The van der Waals surface area contributed by atoms with E-state index in [1.807, 2.05) is 14.0 Å². The zero-order valence-electron chi connectivity index (χ0n) is 11.6. The molecule has 2 rings (SSSR count). The Morgan fingerprint density at radius 1 is 1.42 bits per heavy atom. The third-order valence-corrected chi connectivity index (χ3v) is 3.75. The fraction of sp³-hybridized carbons (Fsp3) is 0.533. The Balaban J connectivity index is 2.03. The van der Waals surface area contributed by atoms with Crippen LogP contribution in [0.15, 0.2) is 18.2 Å². The maximum absolute atomic E-state index is 13.7. The number of benzene rings is 1. The second kappa shape index (κ2) is 6.15. The number of aryl methyl sites for hydroxylation is 1. The average Bonchev–Trinajstić information content (AvgIpc) is 2.42. The van der Waals surface area contributed by atoms with E-state index in [0.29, 0.717) is 5.92 Å². The first-order valence-electron chi connectivity index (χ1n) is 6.82. The van der Waals surface area contributed by atoms with E-state index in [4.69, 9.17) is 0 Å². The molecule has 1 saturated heterocycles. The summed E-state index contributed by atoms with van der Waals surface area (Å²) >= 11 is 0. The Morgan fingerprint density at radius 2 is 2.11 bits per heavy atom. The molecule has 0 saturated carbocycles. The van der Waals surface area contributed by atoms with Gasteiger partial charge in [-0.3, -0.25) is 4.79 Å². The van der Waals surface area contributed by atoms with Crippen molar-refractivity contribution in [3.63, 3.8) is 0 Å². The van der Waals surface area contributed by atoms with Crippen molar-refractivity contribution in [2.24, 2.45) is 5.92 Å². The molecule has 0 bridgehead atoms. The van der Waals surface area contributed by atoms with Crippen LogP contribution < -0.4 is 5.32 Å². The standard InChI is InChI=1S/C15H21FN2O/c1-11-3-4-14(16)13(9-11)15(19)18-7-5-12(6-8-18)10-17-2/h3-4,9,12,17H,5-8,10H2,1-2H3. The van der Waals surface area contributed by atoms with E-state index < -0.39 is 5.82 Å². The fourth-order valence-electron chi connectivity index (χ4n) is 2.60. The summed E-state index contributed by atoms with van der Waals surface area (Å²) in [7, 11) is 1.94. The molecule has 4 heteroatoms. The molecule has 0 unspecified atom stereocenters. The first kappa shape index (κ1) is 14.0. The van der Waals surface area contributed by atoms with Crippen molar-refractivity contribution in [1.82, 2.24) is 10.2 Å². The summed E-state index contributed by atoms with van der Waals surface area (Å²) in [5.74, 6) is 0.0217. The van der Waals surface area contributed by atoms with Gasteiger partial charge < -0.3 is 10.2 Å². The number of amides is 1. The van der Waals surface area contributed by atoms with Gasteiger partial charge >= 0.3 is 0 Å². The van der Waals surface area contributed by atoms with Crippen molar-refractivity contribution < 1.29 is 9.18 Å². The van der Waals surface area contributed by atoms with Gasteiger partial charge in [-0.15, -0.1) is 0 Å². The van der Waals surface area contributed by atoms with Crippen LogP contribution in [0.5, 0.6) is 0 Å². The summed E-state index contributed by atoms with van der Waals surface area (Å²) in [6, 6.07) is 4.69. The molecule has 1 aromatic rings. The van der Waals surface area contributed by atoms with Crippen LogP contribution in [-0.4, -0.2) is 37.5 Å². The minimum absolute atomic E-state index is 0.177. The molecule has 1 aromatic carbocycles. The molecule has 19 heavy (non-hydrogen) atoms. The van der Waals surface area contributed by atoms with Crippen LogP contribution in [0.1, 0.15) is 28.8 Å². The predicted molar refractivity (Wildman–Crippen MR) is 73.7 cm³/mol. The topological polar surface area (TPSA) is 32.3 Å². The molecular formula is C15H21FN2O.